The third-order valence-electron chi connectivity index (χ3n) is 3.81. The van der Waals surface area contributed by atoms with E-state index in [4.69, 9.17) is 5.11 Å². The van der Waals surface area contributed by atoms with E-state index in [0.29, 0.717) is 38.2 Å². The maximum atomic E-state index is 11.5. The number of hydrogen-bond donors (Lipinski definition) is 1. The largest absolute Gasteiger partial charge is 0.481 e. The molecule has 1 aromatic heterocycles. The molecule has 2 heterocycles. The van der Waals surface area contributed by atoms with Gasteiger partial charge in [0.15, 0.2) is 0 Å². The zero-order valence-corrected chi connectivity index (χ0v) is 13.6. The summed E-state index contributed by atoms with van der Waals surface area (Å²) in [6.45, 7) is 2.82. The maximum absolute atomic E-state index is 11.5. The van der Waals surface area contributed by atoms with Crippen molar-refractivity contribution < 1.29 is 18.3 Å². The lowest BCUT2D eigenvalue weighted by Gasteiger charge is -2.29. The van der Waals surface area contributed by atoms with E-state index in [1.54, 1.807) is 6.07 Å². The van der Waals surface area contributed by atoms with Gasteiger partial charge in [-0.05, 0) is 25.8 Å². The molecule has 0 aliphatic carbocycles. The number of sulfonamides is 1. The van der Waals surface area contributed by atoms with Crippen molar-refractivity contribution in [2.45, 2.75) is 38.5 Å². The van der Waals surface area contributed by atoms with Gasteiger partial charge in [0, 0.05) is 36.8 Å². The first-order valence-corrected chi connectivity index (χ1v) is 9.12. The van der Waals surface area contributed by atoms with Crippen molar-refractivity contribution in [2.75, 3.05) is 19.3 Å². The summed E-state index contributed by atoms with van der Waals surface area (Å²) in [6.07, 6.45) is 3.03. The van der Waals surface area contributed by atoms with Crippen molar-refractivity contribution in [1.82, 2.24) is 14.3 Å². The van der Waals surface area contributed by atoms with Crippen molar-refractivity contribution in [3.05, 3.63) is 23.3 Å². The van der Waals surface area contributed by atoms with E-state index in [-0.39, 0.29) is 12.3 Å². The summed E-state index contributed by atoms with van der Waals surface area (Å²) in [5, 5.41) is 8.76. The fourth-order valence-corrected chi connectivity index (χ4v) is 3.52. The maximum Gasteiger partial charge on any atom is 0.303 e. The summed E-state index contributed by atoms with van der Waals surface area (Å²) >= 11 is 0. The first-order chi connectivity index (χ1) is 10.3. The predicted octanol–water partition coefficient (Wildman–Crippen LogP) is 0.941. The lowest BCUT2D eigenvalue weighted by Crippen LogP contribution is -2.37. The molecule has 1 aliphatic heterocycles. The van der Waals surface area contributed by atoms with Gasteiger partial charge in [-0.1, -0.05) is 0 Å². The number of rotatable bonds is 5. The Hall–Kier alpha value is -1.54. The molecule has 0 aromatic carbocycles. The highest BCUT2D eigenvalue weighted by molar-refractivity contribution is 7.88. The third-order valence-corrected chi connectivity index (χ3v) is 5.11. The molecule has 7 nitrogen and oxygen atoms in total. The van der Waals surface area contributed by atoms with Gasteiger partial charge in [-0.15, -0.1) is 0 Å². The van der Waals surface area contributed by atoms with Gasteiger partial charge in [0.25, 0.3) is 0 Å². The molecule has 8 heteroatoms. The van der Waals surface area contributed by atoms with E-state index < -0.39 is 16.0 Å². The lowest BCUT2D eigenvalue weighted by atomic mass is 9.97. The highest BCUT2D eigenvalue weighted by atomic mass is 32.2. The average molecular weight is 327 g/mol. The van der Waals surface area contributed by atoms with E-state index in [2.05, 4.69) is 9.97 Å². The molecule has 0 saturated carbocycles. The van der Waals surface area contributed by atoms with Crippen LogP contribution in [0, 0.1) is 6.92 Å². The molecule has 0 bridgehead atoms. The van der Waals surface area contributed by atoms with Crippen LogP contribution in [0.15, 0.2) is 6.07 Å². The van der Waals surface area contributed by atoms with Crippen LogP contribution in [0.25, 0.3) is 0 Å². The normalized spacial score (nSPS) is 17.5. The summed E-state index contributed by atoms with van der Waals surface area (Å²) < 4.78 is 24.5. The van der Waals surface area contributed by atoms with Crippen molar-refractivity contribution in [1.29, 1.82) is 0 Å². The van der Waals surface area contributed by atoms with Crippen LogP contribution in [0.2, 0.25) is 0 Å². The summed E-state index contributed by atoms with van der Waals surface area (Å²) in [6, 6.07) is 1.80. The topological polar surface area (TPSA) is 100 Å². The Morgan fingerprint density at radius 1 is 1.36 bits per heavy atom. The minimum atomic E-state index is -3.14. The Bertz CT molecular complexity index is 652. The Morgan fingerprint density at radius 2 is 2.00 bits per heavy atom. The summed E-state index contributed by atoms with van der Waals surface area (Å²) in [4.78, 5) is 19.6. The monoisotopic (exact) mass is 327 g/mol. The second-order valence-corrected chi connectivity index (χ2v) is 7.67. The number of hydrogen-bond acceptors (Lipinski definition) is 5. The third kappa shape index (κ3) is 4.48. The molecule has 1 aliphatic rings. The van der Waals surface area contributed by atoms with Crippen LogP contribution in [-0.4, -0.2) is 53.1 Å². The van der Waals surface area contributed by atoms with Crippen LogP contribution >= 0.6 is 0 Å². The second kappa shape index (κ2) is 6.70. The molecule has 1 N–H and O–H groups in total. The van der Waals surface area contributed by atoms with Crippen LogP contribution in [-0.2, 0) is 21.2 Å². The molecule has 0 amide bonds. The Labute approximate surface area is 130 Å². The molecule has 0 unspecified atom stereocenters. The van der Waals surface area contributed by atoms with Gasteiger partial charge in [-0.25, -0.2) is 22.7 Å². The predicted molar refractivity (Wildman–Crippen MR) is 81.1 cm³/mol. The van der Waals surface area contributed by atoms with Gasteiger partial charge in [0.05, 0.1) is 12.7 Å². The minimum absolute atomic E-state index is 0.0441. The molecule has 1 fully saturated rings. The van der Waals surface area contributed by atoms with Crippen LogP contribution in [0.1, 0.15) is 42.4 Å². The number of aryl methyl sites for hydroxylation is 2. The van der Waals surface area contributed by atoms with E-state index in [1.165, 1.54) is 10.6 Å². The number of aromatic nitrogens is 2. The molecular weight excluding hydrogens is 306 g/mol. The van der Waals surface area contributed by atoms with Crippen LogP contribution < -0.4 is 0 Å². The van der Waals surface area contributed by atoms with Crippen molar-refractivity contribution in [3.63, 3.8) is 0 Å². The average Bonchev–Trinajstić information content (AvgIpc) is 2.44. The Balaban J connectivity index is 2.08. The van der Waals surface area contributed by atoms with Crippen LogP contribution in [0.5, 0.6) is 0 Å². The number of carbonyl (C=O) groups is 1. The van der Waals surface area contributed by atoms with Crippen molar-refractivity contribution in [3.8, 4) is 0 Å². The smallest absolute Gasteiger partial charge is 0.303 e. The number of nitrogens with zero attached hydrogens (tertiary/aromatic N) is 3. The molecular formula is C14H21N3O4S. The van der Waals surface area contributed by atoms with Gasteiger partial charge >= 0.3 is 5.97 Å². The van der Waals surface area contributed by atoms with Crippen LogP contribution in [0.4, 0.5) is 0 Å². The van der Waals surface area contributed by atoms with Gasteiger partial charge in [0.2, 0.25) is 10.0 Å². The molecule has 0 atom stereocenters. The summed E-state index contributed by atoms with van der Waals surface area (Å²) in [7, 11) is -3.14. The minimum Gasteiger partial charge on any atom is -0.481 e. The van der Waals surface area contributed by atoms with E-state index >= 15 is 0 Å². The Morgan fingerprint density at radius 3 is 2.55 bits per heavy atom. The first-order valence-electron chi connectivity index (χ1n) is 7.27. The van der Waals surface area contributed by atoms with Gasteiger partial charge in [0.1, 0.15) is 5.82 Å². The zero-order valence-electron chi connectivity index (χ0n) is 12.8. The van der Waals surface area contributed by atoms with Gasteiger partial charge in [-0.2, -0.15) is 0 Å². The molecule has 122 valence electrons. The molecule has 1 aromatic rings. The van der Waals surface area contributed by atoms with Crippen molar-refractivity contribution in [2.24, 2.45) is 0 Å². The van der Waals surface area contributed by atoms with E-state index in [1.807, 2.05) is 6.92 Å². The van der Waals surface area contributed by atoms with E-state index in [0.717, 1.165) is 11.4 Å². The Kier molecular flexibility index (Phi) is 5.12. The lowest BCUT2D eigenvalue weighted by molar-refractivity contribution is -0.136. The van der Waals surface area contributed by atoms with Gasteiger partial charge < -0.3 is 5.11 Å². The molecule has 0 radical (unpaired) electrons. The van der Waals surface area contributed by atoms with Crippen LogP contribution in [0.3, 0.4) is 0 Å². The number of carboxylic acids is 1. The van der Waals surface area contributed by atoms with Gasteiger partial charge in [-0.3, -0.25) is 4.79 Å². The highest BCUT2D eigenvalue weighted by Gasteiger charge is 2.27. The first kappa shape index (κ1) is 16.8. The van der Waals surface area contributed by atoms with Crippen molar-refractivity contribution >= 4 is 16.0 Å². The number of piperidine rings is 1. The zero-order chi connectivity index (χ0) is 16.3. The molecule has 1 saturated heterocycles. The number of carboxylic acid groups (broad SMARTS) is 1. The second-order valence-electron chi connectivity index (χ2n) is 5.69. The molecule has 22 heavy (non-hydrogen) atoms. The fraction of sp³-hybridized carbons (Fsp3) is 0.643. The molecule has 0 spiro atoms. The number of aliphatic carboxylic acids is 1. The standard InChI is InChI=1S/C14H21N3O4S/c1-10-9-12(3-4-13(18)19)16-14(15-10)11-5-7-17(8-6-11)22(2,20)21/h9,11H,3-8H2,1-2H3,(H,18,19). The summed E-state index contributed by atoms with van der Waals surface area (Å²) in [5.41, 5.74) is 1.55. The van der Waals surface area contributed by atoms with E-state index in [9.17, 15) is 13.2 Å². The summed E-state index contributed by atoms with van der Waals surface area (Å²) in [5.74, 6) is -0.0192. The highest BCUT2D eigenvalue weighted by Crippen LogP contribution is 2.27. The quantitative estimate of drug-likeness (QED) is 0.864. The molecule has 2 rings (SSSR count). The fourth-order valence-electron chi connectivity index (χ4n) is 2.65. The SMILES string of the molecule is Cc1cc(CCC(=O)O)nc(C2CCN(S(C)(=O)=O)CC2)n1.